The maximum Gasteiger partial charge on any atom is 0.306 e. The number of benzene rings is 3. The molecule has 0 saturated carbocycles. The summed E-state index contributed by atoms with van der Waals surface area (Å²) in [5.41, 5.74) is -2.75. The SMILES string of the molecule is O=C1C2C(c3ccccc3)OC3(C(=O)c4ccccc4C3=O)C2C(=O)N1c1ccc(F)c([N+](=O)[O-])c1. The second kappa shape index (κ2) is 7.46. The zero-order valence-electron chi connectivity index (χ0n) is 18.3. The first-order valence-electron chi connectivity index (χ1n) is 11.0. The molecule has 3 aromatic rings. The van der Waals surface area contributed by atoms with Gasteiger partial charge in [0.25, 0.3) is 0 Å². The molecule has 0 radical (unpaired) electrons. The summed E-state index contributed by atoms with van der Waals surface area (Å²) in [6, 6.07) is 17.1. The molecule has 9 nitrogen and oxygen atoms in total. The quantitative estimate of drug-likeness (QED) is 0.240. The van der Waals surface area contributed by atoms with Gasteiger partial charge in [0.1, 0.15) is 0 Å². The first kappa shape index (κ1) is 21.9. The van der Waals surface area contributed by atoms with E-state index in [0.717, 1.165) is 18.2 Å². The van der Waals surface area contributed by atoms with Gasteiger partial charge < -0.3 is 4.74 Å². The van der Waals surface area contributed by atoms with Crippen molar-refractivity contribution in [2.75, 3.05) is 4.90 Å². The second-order valence-electron chi connectivity index (χ2n) is 8.80. The molecule has 178 valence electrons. The molecule has 10 heteroatoms. The number of nitro benzene ring substituents is 1. The number of anilines is 1. The maximum atomic E-state index is 14.0. The van der Waals surface area contributed by atoms with E-state index in [1.807, 2.05) is 0 Å². The van der Waals surface area contributed by atoms with E-state index in [2.05, 4.69) is 0 Å². The van der Waals surface area contributed by atoms with E-state index in [1.54, 1.807) is 42.5 Å². The topological polar surface area (TPSA) is 124 Å². The monoisotopic (exact) mass is 486 g/mol. The first-order chi connectivity index (χ1) is 17.3. The van der Waals surface area contributed by atoms with Gasteiger partial charge in [-0.3, -0.25) is 29.3 Å². The van der Waals surface area contributed by atoms with Crippen LogP contribution >= 0.6 is 0 Å². The van der Waals surface area contributed by atoms with Crippen LogP contribution in [0.1, 0.15) is 32.4 Å². The third-order valence-corrected chi connectivity index (χ3v) is 7.03. The Labute approximate surface area is 202 Å². The van der Waals surface area contributed by atoms with Crippen LogP contribution in [-0.2, 0) is 14.3 Å². The Morgan fingerprint density at radius 1 is 0.861 bits per heavy atom. The standard InChI is InChI=1S/C26H15FN2O7/c27-17-11-10-14(12-18(17)29(34)35)28-24(32)19-20(25(28)33)26(36-21(19)13-6-2-1-3-7-13)22(30)15-8-4-5-9-16(15)23(26)31/h1-12,19-21H. The van der Waals surface area contributed by atoms with Crippen molar-refractivity contribution in [3.05, 3.63) is 105 Å². The van der Waals surface area contributed by atoms with E-state index in [-0.39, 0.29) is 16.8 Å². The van der Waals surface area contributed by atoms with Gasteiger partial charge in [-0.15, -0.1) is 0 Å². The number of hydrogen-bond donors (Lipinski definition) is 0. The molecular formula is C26H15FN2O7. The van der Waals surface area contributed by atoms with Crippen LogP contribution in [0.3, 0.4) is 0 Å². The van der Waals surface area contributed by atoms with Crippen molar-refractivity contribution in [1.82, 2.24) is 0 Å². The Morgan fingerprint density at radius 2 is 1.47 bits per heavy atom. The number of halogens is 1. The number of carbonyl (C=O) groups is 4. The van der Waals surface area contributed by atoms with Gasteiger partial charge in [-0.2, -0.15) is 4.39 Å². The summed E-state index contributed by atoms with van der Waals surface area (Å²) in [4.78, 5) is 65.8. The lowest BCUT2D eigenvalue weighted by Gasteiger charge is -2.27. The van der Waals surface area contributed by atoms with Crippen LogP contribution in [0.5, 0.6) is 0 Å². The van der Waals surface area contributed by atoms with Crippen LogP contribution in [0.15, 0.2) is 72.8 Å². The van der Waals surface area contributed by atoms with Crippen LogP contribution in [-0.4, -0.2) is 33.9 Å². The molecule has 6 rings (SSSR count). The number of fused-ring (bicyclic) bond motifs is 3. The van der Waals surface area contributed by atoms with Crippen molar-refractivity contribution >= 4 is 34.8 Å². The van der Waals surface area contributed by atoms with Gasteiger partial charge in [0.15, 0.2) is 0 Å². The number of nitrogens with zero attached hydrogens (tertiary/aromatic N) is 2. The summed E-state index contributed by atoms with van der Waals surface area (Å²) < 4.78 is 20.1. The van der Waals surface area contributed by atoms with Crippen molar-refractivity contribution in [2.45, 2.75) is 11.7 Å². The molecule has 2 fully saturated rings. The van der Waals surface area contributed by atoms with Gasteiger partial charge in [-0.25, -0.2) is 4.90 Å². The highest BCUT2D eigenvalue weighted by atomic mass is 19.1. The van der Waals surface area contributed by atoms with Gasteiger partial charge in [0.05, 0.1) is 28.6 Å². The highest BCUT2D eigenvalue weighted by molar-refractivity contribution is 6.37. The lowest BCUT2D eigenvalue weighted by Crippen LogP contribution is -2.51. The van der Waals surface area contributed by atoms with Crippen LogP contribution in [0.4, 0.5) is 15.8 Å². The number of ketones is 2. The molecule has 2 saturated heterocycles. The maximum absolute atomic E-state index is 14.0. The molecule has 3 atom stereocenters. The van der Waals surface area contributed by atoms with E-state index in [0.29, 0.717) is 10.5 Å². The number of imide groups is 1. The normalized spacial score (nSPS) is 23.9. The lowest BCUT2D eigenvalue weighted by atomic mass is 9.77. The molecule has 1 spiro atoms. The van der Waals surface area contributed by atoms with Gasteiger partial charge in [-0.05, 0) is 17.7 Å². The van der Waals surface area contributed by atoms with Crippen LogP contribution in [0.25, 0.3) is 0 Å². The number of carbonyl (C=O) groups excluding carboxylic acids is 4. The van der Waals surface area contributed by atoms with Crippen molar-refractivity contribution in [2.24, 2.45) is 11.8 Å². The molecule has 2 amide bonds. The fourth-order valence-electron chi connectivity index (χ4n) is 5.50. The largest absolute Gasteiger partial charge is 0.349 e. The minimum Gasteiger partial charge on any atom is -0.349 e. The fourth-order valence-corrected chi connectivity index (χ4v) is 5.50. The predicted octanol–water partition coefficient (Wildman–Crippen LogP) is 3.43. The number of nitro groups is 1. The molecule has 2 heterocycles. The van der Waals surface area contributed by atoms with Gasteiger partial charge in [-0.1, -0.05) is 54.6 Å². The zero-order valence-corrected chi connectivity index (χ0v) is 18.3. The Kier molecular flexibility index (Phi) is 4.55. The van der Waals surface area contributed by atoms with Crippen LogP contribution in [0, 0.1) is 27.8 Å². The van der Waals surface area contributed by atoms with E-state index >= 15 is 0 Å². The summed E-state index contributed by atoms with van der Waals surface area (Å²) in [6.45, 7) is 0. The summed E-state index contributed by atoms with van der Waals surface area (Å²) in [5, 5.41) is 11.3. The van der Waals surface area contributed by atoms with Gasteiger partial charge in [0.2, 0.25) is 34.8 Å². The summed E-state index contributed by atoms with van der Waals surface area (Å²) in [6.07, 6.45) is -1.12. The van der Waals surface area contributed by atoms with Gasteiger partial charge in [0, 0.05) is 17.2 Å². The smallest absolute Gasteiger partial charge is 0.306 e. The molecule has 3 aliphatic rings. The lowest BCUT2D eigenvalue weighted by molar-refractivity contribution is -0.387. The molecule has 3 unspecified atom stereocenters. The summed E-state index contributed by atoms with van der Waals surface area (Å²) >= 11 is 0. The Bertz CT molecular complexity index is 1480. The molecular weight excluding hydrogens is 471 g/mol. The summed E-state index contributed by atoms with van der Waals surface area (Å²) in [5.74, 6) is -7.05. The fraction of sp³-hybridized carbons (Fsp3) is 0.154. The molecule has 2 aliphatic heterocycles. The first-order valence-corrected chi connectivity index (χ1v) is 11.0. The van der Waals surface area contributed by atoms with E-state index < -0.39 is 63.3 Å². The Morgan fingerprint density at radius 3 is 2.08 bits per heavy atom. The predicted molar refractivity (Wildman–Crippen MR) is 121 cm³/mol. The third kappa shape index (κ3) is 2.67. The van der Waals surface area contributed by atoms with Gasteiger partial charge >= 0.3 is 5.69 Å². The molecule has 0 N–H and O–H groups in total. The average molecular weight is 486 g/mol. The molecule has 0 aromatic heterocycles. The molecule has 36 heavy (non-hydrogen) atoms. The number of rotatable bonds is 3. The Hall–Kier alpha value is -4.57. The summed E-state index contributed by atoms with van der Waals surface area (Å²) in [7, 11) is 0. The highest BCUT2D eigenvalue weighted by Gasteiger charge is 2.74. The third-order valence-electron chi connectivity index (χ3n) is 7.03. The molecule has 0 bridgehead atoms. The zero-order chi connectivity index (χ0) is 25.4. The average Bonchev–Trinajstić information content (AvgIpc) is 3.45. The minimum atomic E-state index is -2.26. The van der Waals surface area contributed by atoms with Crippen molar-refractivity contribution in [3.8, 4) is 0 Å². The van der Waals surface area contributed by atoms with Crippen LogP contribution in [0.2, 0.25) is 0 Å². The van der Waals surface area contributed by atoms with Crippen LogP contribution < -0.4 is 4.90 Å². The highest BCUT2D eigenvalue weighted by Crippen LogP contribution is 2.57. The van der Waals surface area contributed by atoms with E-state index in [4.69, 9.17) is 4.74 Å². The van der Waals surface area contributed by atoms with Crippen molar-refractivity contribution < 1.29 is 33.2 Å². The second-order valence-corrected chi connectivity index (χ2v) is 8.80. The molecule has 1 aliphatic carbocycles. The Balaban J connectivity index is 1.54. The number of Topliss-reactive ketones (excluding diaryl/α,β-unsaturated/α-hetero) is 2. The van der Waals surface area contributed by atoms with E-state index in [1.165, 1.54) is 12.1 Å². The number of hydrogen-bond acceptors (Lipinski definition) is 7. The number of amides is 2. The molecule has 3 aromatic carbocycles. The van der Waals surface area contributed by atoms with Crippen molar-refractivity contribution in [1.29, 1.82) is 0 Å². The van der Waals surface area contributed by atoms with Crippen molar-refractivity contribution in [3.63, 3.8) is 0 Å². The van der Waals surface area contributed by atoms with E-state index in [9.17, 15) is 33.7 Å². The number of ether oxygens (including phenoxy) is 1. The minimum absolute atomic E-state index is 0.0890.